The molecule has 0 aliphatic rings. The van der Waals surface area contributed by atoms with E-state index in [1.807, 2.05) is 0 Å². The Balaban J connectivity index is 1.98. The number of aromatic hydroxyl groups is 1. The molecule has 120 valence electrons. The lowest BCUT2D eigenvalue weighted by molar-refractivity contribution is -0.0498. The minimum Gasteiger partial charge on any atom is -0.507 e. The van der Waals surface area contributed by atoms with Crippen LogP contribution in [0, 0.1) is 0 Å². The molecule has 0 aliphatic heterocycles. The van der Waals surface area contributed by atoms with Crippen LogP contribution in [0.15, 0.2) is 47.6 Å². The average molecular weight is 341 g/mol. The van der Waals surface area contributed by atoms with Crippen molar-refractivity contribution in [3.05, 3.63) is 58.6 Å². The first kappa shape index (κ1) is 16.7. The number of amides is 1. The summed E-state index contributed by atoms with van der Waals surface area (Å²) < 4.78 is 28.2. The van der Waals surface area contributed by atoms with Gasteiger partial charge in [0.15, 0.2) is 0 Å². The van der Waals surface area contributed by atoms with Crippen LogP contribution in [-0.2, 0) is 0 Å². The maximum Gasteiger partial charge on any atom is 0.387 e. The highest BCUT2D eigenvalue weighted by atomic mass is 35.5. The van der Waals surface area contributed by atoms with E-state index in [1.54, 1.807) is 0 Å². The predicted octanol–water partition coefficient (Wildman–Crippen LogP) is 3.41. The van der Waals surface area contributed by atoms with Gasteiger partial charge in [0.2, 0.25) is 0 Å². The van der Waals surface area contributed by atoms with E-state index in [0.717, 1.165) is 0 Å². The highest BCUT2D eigenvalue weighted by Crippen LogP contribution is 2.21. The van der Waals surface area contributed by atoms with E-state index in [-0.39, 0.29) is 17.1 Å². The number of nitrogens with zero attached hydrogens (tertiary/aromatic N) is 1. The Hall–Kier alpha value is -2.67. The third-order valence-electron chi connectivity index (χ3n) is 2.69. The van der Waals surface area contributed by atoms with Crippen molar-refractivity contribution >= 4 is 23.7 Å². The number of halogens is 3. The molecule has 23 heavy (non-hydrogen) atoms. The van der Waals surface area contributed by atoms with Crippen LogP contribution >= 0.6 is 11.6 Å². The Bertz CT molecular complexity index is 721. The minimum absolute atomic E-state index is 0.0182. The number of carbonyl (C=O) groups is 1. The van der Waals surface area contributed by atoms with E-state index in [2.05, 4.69) is 15.3 Å². The molecule has 2 aromatic rings. The lowest BCUT2D eigenvalue weighted by atomic mass is 10.2. The summed E-state index contributed by atoms with van der Waals surface area (Å²) in [5.41, 5.74) is 2.76. The van der Waals surface area contributed by atoms with Crippen LogP contribution in [-0.4, -0.2) is 23.8 Å². The molecule has 2 rings (SSSR count). The van der Waals surface area contributed by atoms with Gasteiger partial charge < -0.3 is 9.84 Å². The summed E-state index contributed by atoms with van der Waals surface area (Å²) in [6.45, 7) is -2.89. The summed E-state index contributed by atoms with van der Waals surface area (Å²) in [6.07, 6.45) is 1.31. The molecule has 8 heteroatoms. The highest BCUT2D eigenvalue weighted by molar-refractivity contribution is 6.31. The maximum atomic E-state index is 12.0. The summed E-state index contributed by atoms with van der Waals surface area (Å²) in [7, 11) is 0. The van der Waals surface area contributed by atoms with E-state index in [0.29, 0.717) is 10.6 Å². The molecule has 1 amide bonds. The Kier molecular flexibility index (Phi) is 5.48. The van der Waals surface area contributed by atoms with Gasteiger partial charge in [-0.15, -0.1) is 0 Å². The van der Waals surface area contributed by atoms with Crippen LogP contribution in [0.3, 0.4) is 0 Å². The molecule has 0 atom stereocenters. The molecule has 0 unspecified atom stereocenters. The number of hydrogen-bond acceptors (Lipinski definition) is 4. The van der Waals surface area contributed by atoms with Crippen LogP contribution in [0.25, 0.3) is 0 Å². The van der Waals surface area contributed by atoms with Crippen LogP contribution in [0.1, 0.15) is 15.9 Å². The summed E-state index contributed by atoms with van der Waals surface area (Å²) in [4.78, 5) is 11.8. The summed E-state index contributed by atoms with van der Waals surface area (Å²) >= 11 is 5.75. The Morgan fingerprint density at radius 3 is 2.61 bits per heavy atom. The van der Waals surface area contributed by atoms with Gasteiger partial charge in [-0.2, -0.15) is 13.9 Å². The van der Waals surface area contributed by atoms with E-state index >= 15 is 0 Å². The zero-order valence-electron chi connectivity index (χ0n) is 11.5. The van der Waals surface area contributed by atoms with E-state index in [9.17, 15) is 18.7 Å². The highest BCUT2D eigenvalue weighted by Gasteiger charge is 2.10. The quantitative estimate of drug-likeness (QED) is 0.647. The van der Waals surface area contributed by atoms with E-state index < -0.39 is 12.5 Å². The van der Waals surface area contributed by atoms with Gasteiger partial charge in [0.25, 0.3) is 5.91 Å². The number of ether oxygens (including phenoxy) is 1. The molecule has 2 N–H and O–H groups in total. The van der Waals surface area contributed by atoms with Gasteiger partial charge in [-0.1, -0.05) is 11.6 Å². The third-order valence-corrected chi connectivity index (χ3v) is 2.92. The van der Waals surface area contributed by atoms with Gasteiger partial charge in [0.1, 0.15) is 11.5 Å². The van der Waals surface area contributed by atoms with Crippen molar-refractivity contribution in [2.45, 2.75) is 6.61 Å². The van der Waals surface area contributed by atoms with Gasteiger partial charge >= 0.3 is 6.61 Å². The van der Waals surface area contributed by atoms with Crippen molar-refractivity contribution in [2.24, 2.45) is 5.10 Å². The van der Waals surface area contributed by atoms with Gasteiger partial charge in [-0.05, 0) is 48.0 Å². The monoisotopic (exact) mass is 340 g/mol. The number of rotatable bonds is 5. The Morgan fingerprint density at radius 2 is 1.96 bits per heavy atom. The maximum absolute atomic E-state index is 12.0. The second-order valence-corrected chi connectivity index (χ2v) is 4.74. The van der Waals surface area contributed by atoms with Crippen molar-refractivity contribution in [3.8, 4) is 11.5 Å². The number of phenols is 1. The molecule has 0 aromatic heterocycles. The predicted molar refractivity (Wildman–Crippen MR) is 81.3 cm³/mol. The molecule has 2 aromatic carbocycles. The van der Waals surface area contributed by atoms with Crippen molar-refractivity contribution in [1.29, 1.82) is 0 Å². The van der Waals surface area contributed by atoms with Crippen molar-refractivity contribution in [2.75, 3.05) is 0 Å². The van der Waals surface area contributed by atoms with Crippen molar-refractivity contribution < 1.29 is 23.4 Å². The number of hydrogen-bond donors (Lipinski definition) is 2. The summed E-state index contributed by atoms with van der Waals surface area (Å²) in [5, 5.41) is 13.6. The largest absolute Gasteiger partial charge is 0.507 e. The number of alkyl halides is 2. The smallest absolute Gasteiger partial charge is 0.387 e. The molecule has 0 saturated carbocycles. The summed E-state index contributed by atoms with van der Waals surface area (Å²) in [6, 6.07) is 9.71. The molecule has 0 fully saturated rings. The number of carbonyl (C=O) groups excluding carboxylic acids is 1. The zero-order valence-corrected chi connectivity index (χ0v) is 12.3. The van der Waals surface area contributed by atoms with Gasteiger partial charge in [0.05, 0.1) is 11.8 Å². The van der Waals surface area contributed by atoms with Crippen LogP contribution in [0.4, 0.5) is 8.78 Å². The average Bonchev–Trinajstić information content (AvgIpc) is 2.51. The van der Waals surface area contributed by atoms with Crippen molar-refractivity contribution in [1.82, 2.24) is 5.43 Å². The molecular formula is C15H11ClF2N2O3. The standard InChI is InChI=1S/C15H11ClF2N2O3/c16-10-3-6-13(21)12(7-10)14(22)20-19-8-9-1-4-11(5-2-9)23-15(17)18/h1-8,15,21H,(H,20,22)/b19-8-. The van der Waals surface area contributed by atoms with E-state index in [1.165, 1.54) is 48.7 Å². The molecule has 0 bridgehead atoms. The third kappa shape index (κ3) is 4.93. The van der Waals surface area contributed by atoms with Crippen LogP contribution in [0.2, 0.25) is 5.02 Å². The fourth-order valence-corrected chi connectivity index (χ4v) is 1.82. The number of benzene rings is 2. The molecule has 0 spiro atoms. The molecule has 5 nitrogen and oxygen atoms in total. The summed E-state index contributed by atoms with van der Waals surface area (Å²) in [5.74, 6) is -0.848. The molecule has 0 saturated heterocycles. The fourth-order valence-electron chi connectivity index (χ4n) is 1.65. The van der Waals surface area contributed by atoms with Crippen LogP contribution in [0.5, 0.6) is 11.5 Å². The fraction of sp³-hybridized carbons (Fsp3) is 0.0667. The first-order chi connectivity index (χ1) is 11.0. The Labute approximate surface area is 135 Å². The SMILES string of the molecule is O=C(N/N=C\c1ccc(OC(F)F)cc1)c1cc(Cl)ccc1O. The van der Waals surface area contributed by atoms with Gasteiger partial charge in [-0.25, -0.2) is 5.43 Å². The number of nitrogens with one attached hydrogen (secondary N) is 1. The first-order valence-electron chi connectivity index (χ1n) is 6.32. The topological polar surface area (TPSA) is 70.9 Å². The number of hydrazone groups is 1. The van der Waals surface area contributed by atoms with Crippen LogP contribution < -0.4 is 10.2 Å². The zero-order chi connectivity index (χ0) is 16.8. The first-order valence-corrected chi connectivity index (χ1v) is 6.70. The van der Waals surface area contributed by atoms with Gasteiger partial charge in [-0.3, -0.25) is 4.79 Å². The lowest BCUT2D eigenvalue weighted by Gasteiger charge is -2.04. The van der Waals surface area contributed by atoms with Gasteiger partial charge in [0, 0.05) is 5.02 Å². The Morgan fingerprint density at radius 1 is 1.26 bits per heavy atom. The van der Waals surface area contributed by atoms with E-state index in [4.69, 9.17) is 11.6 Å². The van der Waals surface area contributed by atoms with Crippen molar-refractivity contribution in [3.63, 3.8) is 0 Å². The number of phenolic OH excluding ortho intramolecular Hbond substituents is 1. The molecule has 0 radical (unpaired) electrons. The normalized spacial score (nSPS) is 11.0. The molecular weight excluding hydrogens is 330 g/mol. The molecule has 0 heterocycles. The lowest BCUT2D eigenvalue weighted by Crippen LogP contribution is -2.17. The second kappa shape index (κ2) is 7.55. The second-order valence-electron chi connectivity index (χ2n) is 4.31. The minimum atomic E-state index is -2.89. The molecule has 0 aliphatic carbocycles.